The molecule has 0 radical (unpaired) electrons. The van der Waals surface area contributed by atoms with Crippen molar-refractivity contribution < 1.29 is 9.59 Å². The van der Waals surface area contributed by atoms with Crippen molar-refractivity contribution >= 4 is 56.4 Å². The summed E-state index contributed by atoms with van der Waals surface area (Å²) in [6, 6.07) is 16.2. The molecule has 2 heterocycles. The first-order valence-electron chi connectivity index (χ1n) is 11.0. The van der Waals surface area contributed by atoms with Crippen LogP contribution in [0, 0.1) is 18.3 Å². The van der Waals surface area contributed by atoms with Gasteiger partial charge in [0.15, 0.2) is 5.69 Å². The number of anilines is 1. The number of halogens is 2. The normalized spacial score (nSPS) is 10.6. The molecule has 4 aromatic rings. The van der Waals surface area contributed by atoms with E-state index in [2.05, 4.69) is 37.7 Å². The third kappa shape index (κ3) is 5.68. The lowest BCUT2D eigenvalue weighted by Gasteiger charge is -2.11. The maximum Gasteiger partial charge on any atom is 0.253 e. The minimum atomic E-state index is -0.337. The van der Waals surface area contributed by atoms with Crippen LogP contribution in [-0.4, -0.2) is 34.6 Å². The summed E-state index contributed by atoms with van der Waals surface area (Å²) in [5.74, 6) is -0.0869. The number of nitrogens with one attached hydrogen (secondary N) is 2. The average molecular weight is 583 g/mol. The second-order valence-electron chi connectivity index (χ2n) is 7.94. The Kier molecular flexibility index (Phi) is 8.21. The fraction of sp³-hybridized carbons (Fsp3) is 0.154. The molecule has 2 N–H and O–H groups in total. The van der Waals surface area contributed by atoms with E-state index in [0.717, 1.165) is 10.0 Å². The van der Waals surface area contributed by atoms with Crippen molar-refractivity contribution in [3.05, 3.63) is 96.7 Å². The number of rotatable bonds is 9. The number of amides is 1. The van der Waals surface area contributed by atoms with Crippen LogP contribution >= 0.6 is 38.9 Å². The molecule has 2 aromatic heterocycles. The van der Waals surface area contributed by atoms with Crippen LogP contribution in [0.3, 0.4) is 0 Å². The van der Waals surface area contributed by atoms with E-state index in [1.807, 2.05) is 24.4 Å². The van der Waals surface area contributed by atoms with Gasteiger partial charge in [-0.05, 0) is 53.5 Å². The van der Waals surface area contributed by atoms with Crippen molar-refractivity contribution in [3.63, 3.8) is 0 Å². The second kappa shape index (κ2) is 11.5. The third-order valence-electron chi connectivity index (χ3n) is 5.39. The summed E-state index contributed by atoms with van der Waals surface area (Å²) >= 11 is 10.9. The molecule has 2 aromatic carbocycles. The van der Waals surface area contributed by atoms with Gasteiger partial charge in [-0.15, -0.1) is 0 Å². The van der Waals surface area contributed by atoms with Gasteiger partial charge in [-0.2, -0.15) is 21.7 Å². The number of hydrogen-bond acceptors (Lipinski definition) is 6. The van der Waals surface area contributed by atoms with E-state index in [4.69, 9.17) is 11.6 Å². The van der Waals surface area contributed by atoms with Gasteiger partial charge >= 0.3 is 0 Å². The van der Waals surface area contributed by atoms with Gasteiger partial charge in [-0.1, -0.05) is 41.4 Å². The molecule has 0 atom stereocenters. The van der Waals surface area contributed by atoms with Gasteiger partial charge in [0, 0.05) is 38.9 Å². The number of nitriles is 1. The van der Waals surface area contributed by atoms with Gasteiger partial charge in [0.25, 0.3) is 5.91 Å². The lowest BCUT2D eigenvalue weighted by atomic mass is 10.0. The fourth-order valence-electron chi connectivity index (χ4n) is 3.49. The van der Waals surface area contributed by atoms with Gasteiger partial charge in [0.05, 0.1) is 11.3 Å². The van der Waals surface area contributed by atoms with Crippen molar-refractivity contribution in [1.82, 2.24) is 15.1 Å². The van der Waals surface area contributed by atoms with Crippen LogP contribution in [0.2, 0.25) is 5.02 Å². The molecule has 0 saturated heterocycles. The number of thiophene rings is 1. The predicted molar refractivity (Wildman–Crippen MR) is 145 cm³/mol. The molecule has 0 aliphatic carbocycles. The van der Waals surface area contributed by atoms with Crippen LogP contribution in [0.25, 0.3) is 5.69 Å². The van der Waals surface area contributed by atoms with Crippen LogP contribution in [0.5, 0.6) is 0 Å². The fourth-order valence-corrected chi connectivity index (χ4v) is 5.07. The van der Waals surface area contributed by atoms with Crippen LogP contribution in [0.15, 0.2) is 63.8 Å². The topological polar surface area (TPSA) is 99.8 Å². The monoisotopic (exact) mass is 581 g/mol. The standard InChI is InChI=1S/C26H21BrClN5O2S/c1-16-3-5-17(6-4-16)24(34)23-20(13-29)25(33(32-23)19-9-7-18(28)8-10-19)30-11-2-12-31-26(35)21-14-36-15-22(21)27/h3-10,14-15,30H,2,11-12H2,1H3,(H,31,35). The number of hydrogen-bond donors (Lipinski definition) is 2. The van der Waals surface area contributed by atoms with E-state index in [1.54, 1.807) is 41.8 Å². The van der Waals surface area contributed by atoms with E-state index in [0.29, 0.717) is 47.2 Å². The molecular formula is C26H21BrClN5O2S. The summed E-state index contributed by atoms with van der Waals surface area (Å²) < 4.78 is 2.30. The Morgan fingerprint density at radius 1 is 1.11 bits per heavy atom. The maximum absolute atomic E-state index is 13.3. The summed E-state index contributed by atoms with van der Waals surface area (Å²) in [6.45, 7) is 2.81. The second-order valence-corrected chi connectivity index (χ2v) is 9.97. The van der Waals surface area contributed by atoms with Gasteiger partial charge in [-0.25, -0.2) is 4.68 Å². The van der Waals surface area contributed by atoms with Crippen molar-refractivity contribution in [2.24, 2.45) is 0 Å². The largest absolute Gasteiger partial charge is 0.369 e. The molecule has 36 heavy (non-hydrogen) atoms. The molecule has 0 aliphatic heterocycles. The van der Waals surface area contributed by atoms with Gasteiger partial charge in [0.1, 0.15) is 17.5 Å². The first kappa shape index (κ1) is 25.6. The Bertz CT molecular complexity index is 1440. The van der Waals surface area contributed by atoms with E-state index < -0.39 is 0 Å². The minimum absolute atomic E-state index is 0.0643. The number of benzene rings is 2. The quantitative estimate of drug-likeness (QED) is 0.186. The van der Waals surface area contributed by atoms with Crippen LogP contribution < -0.4 is 10.6 Å². The zero-order valence-electron chi connectivity index (χ0n) is 19.2. The Morgan fingerprint density at radius 2 is 1.83 bits per heavy atom. The number of ketones is 1. The molecule has 4 rings (SSSR count). The highest BCUT2D eigenvalue weighted by atomic mass is 79.9. The highest BCUT2D eigenvalue weighted by Crippen LogP contribution is 2.26. The lowest BCUT2D eigenvalue weighted by Crippen LogP contribution is -2.25. The molecule has 182 valence electrons. The molecule has 0 spiro atoms. The summed E-state index contributed by atoms with van der Waals surface area (Å²) in [6.07, 6.45) is 0.589. The van der Waals surface area contributed by atoms with E-state index >= 15 is 0 Å². The molecule has 0 bridgehead atoms. The van der Waals surface area contributed by atoms with E-state index in [9.17, 15) is 14.9 Å². The molecule has 0 aliphatic rings. The average Bonchev–Trinajstić information content (AvgIpc) is 3.47. The maximum atomic E-state index is 13.3. The summed E-state index contributed by atoms with van der Waals surface area (Å²) in [7, 11) is 0. The molecule has 0 fully saturated rings. The van der Waals surface area contributed by atoms with Crippen LogP contribution in [-0.2, 0) is 0 Å². The van der Waals surface area contributed by atoms with Crippen LogP contribution in [0.4, 0.5) is 5.82 Å². The zero-order chi connectivity index (χ0) is 25.7. The van der Waals surface area contributed by atoms with E-state index in [-0.39, 0.29) is 22.9 Å². The van der Waals surface area contributed by atoms with Crippen LogP contribution in [0.1, 0.15) is 44.0 Å². The highest BCUT2D eigenvalue weighted by Gasteiger charge is 2.25. The zero-order valence-corrected chi connectivity index (χ0v) is 22.4. The summed E-state index contributed by atoms with van der Waals surface area (Å²) in [5, 5.41) is 24.8. The van der Waals surface area contributed by atoms with Crippen molar-refractivity contribution in [1.29, 1.82) is 5.26 Å². The Morgan fingerprint density at radius 3 is 2.47 bits per heavy atom. The minimum Gasteiger partial charge on any atom is -0.369 e. The van der Waals surface area contributed by atoms with Gasteiger partial charge < -0.3 is 10.6 Å². The first-order valence-corrected chi connectivity index (χ1v) is 13.1. The molecule has 0 unspecified atom stereocenters. The number of carbonyl (C=O) groups is 2. The first-order chi connectivity index (χ1) is 17.4. The highest BCUT2D eigenvalue weighted by molar-refractivity contribution is 9.10. The van der Waals surface area contributed by atoms with E-state index in [1.165, 1.54) is 16.0 Å². The van der Waals surface area contributed by atoms with Gasteiger partial charge in [-0.3, -0.25) is 9.59 Å². The molecule has 7 nitrogen and oxygen atoms in total. The lowest BCUT2D eigenvalue weighted by molar-refractivity contribution is 0.0952. The Hall–Kier alpha value is -3.45. The summed E-state index contributed by atoms with van der Waals surface area (Å²) in [4.78, 5) is 25.6. The van der Waals surface area contributed by atoms with Crippen molar-refractivity contribution in [2.75, 3.05) is 18.4 Å². The Balaban J connectivity index is 1.55. The SMILES string of the molecule is Cc1ccc(C(=O)c2nn(-c3ccc(Cl)cc3)c(NCCCNC(=O)c3cscc3Br)c2C#N)cc1. The number of carbonyl (C=O) groups excluding carboxylic acids is 2. The molecular weight excluding hydrogens is 562 g/mol. The van der Waals surface area contributed by atoms with Crippen molar-refractivity contribution in [3.8, 4) is 11.8 Å². The summed E-state index contributed by atoms with van der Waals surface area (Å²) in [5.41, 5.74) is 2.94. The number of aryl methyl sites for hydroxylation is 1. The molecule has 10 heteroatoms. The predicted octanol–water partition coefficient (Wildman–Crippen LogP) is 5.99. The number of nitrogens with zero attached hydrogens (tertiary/aromatic N) is 3. The number of aromatic nitrogens is 2. The molecule has 1 amide bonds. The van der Waals surface area contributed by atoms with Crippen molar-refractivity contribution in [2.45, 2.75) is 13.3 Å². The third-order valence-corrected chi connectivity index (χ3v) is 7.34. The Labute approximate surface area is 225 Å². The van der Waals surface area contributed by atoms with Gasteiger partial charge in [0.2, 0.25) is 5.78 Å². The smallest absolute Gasteiger partial charge is 0.253 e. The molecule has 0 saturated carbocycles.